The van der Waals surface area contributed by atoms with Gasteiger partial charge in [-0.1, -0.05) is 6.07 Å². The maximum absolute atomic E-state index is 11.2. The van der Waals surface area contributed by atoms with Crippen molar-refractivity contribution < 1.29 is 4.79 Å². The predicted octanol–water partition coefficient (Wildman–Crippen LogP) is 1.51. The summed E-state index contributed by atoms with van der Waals surface area (Å²) in [5, 5.41) is 0. The molecule has 1 aliphatic heterocycles. The second kappa shape index (κ2) is 2.66. The van der Waals surface area contributed by atoms with Crippen LogP contribution < -0.4 is 0 Å². The zero-order valence-corrected chi connectivity index (χ0v) is 6.73. The normalized spacial score (nSPS) is 16.2. The van der Waals surface area contributed by atoms with E-state index >= 15 is 0 Å². The van der Waals surface area contributed by atoms with Gasteiger partial charge in [-0.3, -0.25) is 9.78 Å². The Morgan fingerprint density at radius 1 is 1.45 bits per heavy atom. The molecule has 0 fully saturated rings. The van der Waals surface area contributed by atoms with E-state index < -0.39 is 0 Å². The Kier molecular flexibility index (Phi) is 1.66. The van der Waals surface area contributed by atoms with E-state index in [9.17, 15) is 4.79 Å². The lowest BCUT2D eigenvalue weighted by atomic mass is 10.1. The molecule has 11 heavy (non-hydrogen) atoms. The predicted molar refractivity (Wildman–Crippen MR) is 44.7 cm³/mol. The van der Waals surface area contributed by atoms with Crippen molar-refractivity contribution in [2.75, 3.05) is 5.75 Å². The van der Waals surface area contributed by atoms with Crippen molar-refractivity contribution in [3.63, 3.8) is 0 Å². The van der Waals surface area contributed by atoms with Crippen molar-refractivity contribution in [2.45, 2.75) is 5.75 Å². The molecular weight excluding hydrogens is 158 g/mol. The third-order valence-electron chi connectivity index (χ3n) is 1.65. The van der Waals surface area contributed by atoms with E-state index in [1.54, 1.807) is 18.0 Å². The molecule has 1 aliphatic rings. The van der Waals surface area contributed by atoms with Gasteiger partial charge in [-0.2, -0.15) is 0 Å². The molecule has 3 heteroatoms. The highest BCUT2D eigenvalue weighted by Gasteiger charge is 2.17. The second-order valence-electron chi connectivity index (χ2n) is 2.43. The molecule has 0 radical (unpaired) electrons. The summed E-state index contributed by atoms with van der Waals surface area (Å²) < 4.78 is 0. The van der Waals surface area contributed by atoms with Gasteiger partial charge in [0.15, 0.2) is 5.78 Å². The molecule has 0 aromatic carbocycles. The van der Waals surface area contributed by atoms with Crippen molar-refractivity contribution >= 4 is 17.5 Å². The standard InChI is InChI=1S/C8H7NOS/c10-7-5-11-4-6-2-1-3-9-8(6)7/h1-3H,4-5H2. The van der Waals surface area contributed by atoms with Crippen molar-refractivity contribution in [1.29, 1.82) is 0 Å². The number of thioether (sulfide) groups is 1. The van der Waals surface area contributed by atoms with Crippen LogP contribution in [0.2, 0.25) is 0 Å². The first kappa shape index (κ1) is 6.85. The largest absolute Gasteiger partial charge is 0.291 e. The number of carbonyl (C=O) groups excluding carboxylic acids is 1. The summed E-state index contributed by atoms with van der Waals surface area (Å²) in [6.45, 7) is 0. The van der Waals surface area contributed by atoms with Crippen LogP contribution in [-0.2, 0) is 5.75 Å². The number of Topliss-reactive ketones (excluding diaryl/α,β-unsaturated/α-hetero) is 1. The van der Waals surface area contributed by atoms with E-state index in [1.807, 2.05) is 12.1 Å². The average molecular weight is 165 g/mol. The van der Waals surface area contributed by atoms with Crippen molar-refractivity contribution in [3.8, 4) is 0 Å². The summed E-state index contributed by atoms with van der Waals surface area (Å²) >= 11 is 1.66. The monoisotopic (exact) mass is 165 g/mol. The van der Waals surface area contributed by atoms with Crippen LogP contribution in [0.25, 0.3) is 0 Å². The molecule has 0 amide bonds. The molecule has 0 unspecified atom stereocenters. The Morgan fingerprint density at radius 2 is 2.36 bits per heavy atom. The van der Waals surface area contributed by atoms with Gasteiger partial charge in [-0.15, -0.1) is 11.8 Å². The number of fused-ring (bicyclic) bond motifs is 1. The highest BCUT2D eigenvalue weighted by molar-refractivity contribution is 7.99. The molecule has 2 rings (SSSR count). The Labute approximate surface area is 69.0 Å². The maximum Gasteiger partial charge on any atom is 0.191 e. The van der Waals surface area contributed by atoms with Crippen LogP contribution in [-0.4, -0.2) is 16.5 Å². The molecule has 0 saturated heterocycles. The van der Waals surface area contributed by atoms with E-state index in [4.69, 9.17) is 0 Å². The van der Waals surface area contributed by atoms with Gasteiger partial charge in [0.05, 0.1) is 5.75 Å². The Balaban J connectivity index is 2.52. The number of aromatic nitrogens is 1. The van der Waals surface area contributed by atoms with E-state index in [1.165, 1.54) is 0 Å². The summed E-state index contributed by atoms with van der Waals surface area (Å²) in [6, 6.07) is 3.84. The van der Waals surface area contributed by atoms with E-state index in [0.29, 0.717) is 11.4 Å². The lowest BCUT2D eigenvalue weighted by Crippen LogP contribution is -2.13. The van der Waals surface area contributed by atoms with Gasteiger partial charge in [0.25, 0.3) is 0 Å². The smallest absolute Gasteiger partial charge is 0.191 e. The van der Waals surface area contributed by atoms with Gasteiger partial charge in [-0.25, -0.2) is 0 Å². The van der Waals surface area contributed by atoms with Crippen LogP contribution in [0.15, 0.2) is 18.3 Å². The molecule has 0 atom stereocenters. The molecule has 2 heterocycles. The minimum absolute atomic E-state index is 0.164. The number of hydrogen-bond donors (Lipinski definition) is 0. The number of rotatable bonds is 0. The summed E-state index contributed by atoms with van der Waals surface area (Å²) in [6.07, 6.45) is 1.67. The Hall–Kier alpha value is -0.830. The fourth-order valence-electron chi connectivity index (χ4n) is 1.13. The van der Waals surface area contributed by atoms with Gasteiger partial charge in [0.2, 0.25) is 0 Å². The van der Waals surface area contributed by atoms with E-state index in [2.05, 4.69) is 4.98 Å². The van der Waals surface area contributed by atoms with Crippen LogP contribution in [0, 0.1) is 0 Å². The van der Waals surface area contributed by atoms with Gasteiger partial charge in [-0.05, 0) is 11.6 Å². The van der Waals surface area contributed by atoms with Crippen LogP contribution in [0.3, 0.4) is 0 Å². The first-order chi connectivity index (χ1) is 5.38. The topological polar surface area (TPSA) is 30.0 Å². The Morgan fingerprint density at radius 3 is 3.18 bits per heavy atom. The minimum Gasteiger partial charge on any atom is -0.291 e. The lowest BCUT2D eigenvalue weighted by molar-refractivity contribution is 0.101. The average Bonchev–Trinajstić information content (AvgIpc) is 2.06. The molecule has 0 saturated carbocycles. The van der Waals surface area contributed by atoms with Crippen LogP contribution in [0.5, 0.6) is 0 Å². The van der Waals surface area contributed by atoms with Crippen molar-refractivity contribution in [3.05, 3.63) is 29.6 Å². The third-order valence-corrected chi connectivity index (χ3v) is 2.63. The fourth-order valence-corrected chi connectivity index (χ4v) is 2.01. The molecule has 0 spiro atoms. The lowest BCUT2D eigenvalue weighted by Gasteiger charge is -2.11. The maximum atomic E-state index is 11.2. The molecule has 0 N–H and O–H groups in total. The zero-order valence-electron chi connectivity index (χ0n) is 5.91. The van der Waals surface area contributed by atoms with Crippen molar-refractivity contribution in [2.24, 2.45) is 0 Å². The second-order valence-corrected chi connectivity index (χ2v) is 3.41. The van der Waals surface area contributed by atoms with Crippen LogP contribution in [0.4, 0.5) is 0 Å². The number of carbonyl (C=O) groups is 1. The summed E-state index contributed by atoms with van der Waals surface area (Å²) in [5.74, 6) is 1.68. The quantitative estimate of drug-likeness (QED) is 0.583. The molecule has 1 aromatic rings. The van der Waals surface area contributed by atoms with Gasteiger partial charge >= 0.3 is 0 Å². The van der Waals surface area contributed by atoms with E-state index in [0.717, 1.165) is 11.3 Å². The number of hydrogen-bond acceptors (Lipinski definition) is 3. The first-order valence-corrected chi connectivity index (χ1v) is 4.58. The number of pyridine rings is 1. The molecular formula is C8H7NOS. The van der Waals surface area contributed by atoms with Crippen molar-refractivity contribution in [1.82, 2.24) is 4.98 Å². The molecule has 56 valence electrons. The summed E-state index contributed by atoms with van der Waals surface area (Å²) in [7, 11) is 0. The first-order valence-electron chi connectivity index (χ1n) is 3.43. The molecule has 1 aromatic heterocycles. The minimum atomic E-state index is 0.164. The van der Waals surface area contributed by atoms with Crippen LogP contribution in [0.1, 0.15) is 16.1 Å². The van der Waals surface area contributed by atoms with E-state index in [-0.39, 0.29) is 5.78 Å². The van der Waals surface area contributed by atoms with Gasteiger partial charge in [0.1, 0.15) is 5.69 Å². The summed E-state index contributed by atoms with van der Waals surface area (Å²) in [5.41, 5.74) is 1.75. The fraction of sp³-hybridized carbons (Fsp3) is 0.250. The SMILES string of the molecule is O=C1CSCc2cccnc21. The zero-order chi connectivity index (χ0) is 7.68. The number of ketones is 1. The third kappa shape index (κ3) is 1.16. The van der Waals surface area contributed by atoms with Crippen LogP contribution >= 0.6 is 11.8 Å². The number of nitrogens with zero attached hydrogens (tertiary/aromatic N) is 1. The molecule has 0 bridgehead atoms. The van der Waals surface area contributed by atoms with Gasteiger partial charge in [0, 0.05) is 11.9 Å². The molecule has 2 nitrogen and oxygen atoms in total. The Bertz CT molecular complexity index is 298. The summed E-state index contributed by atoms with van der Waals surface area (Å²) in [4.78, 5) is 15.2. The highest BCUT2D eigenvalue weighted by atomic mass is 32.2. The molecule has 0 aliphatic carbocycles. The highest BCUT2D eigenvalue weighted by Crippen LogP contribution is 2.21. The van der Waals surface area contributed by atoms with Gasteiger partial charge < -0.3 is 0 Å².